The van der Waals surface area contributed by atoms with Crippen LogP contribution in [0.3, 0.4) is 0 Å². The third-order valence-corrected chi connectivity index (χ3v) is 5.79. The molecule has 0 amide bonds. The van der Waals surface area contributed by atoms with Crippen molar-refractivity contribution in [3.8, 4) is 0 Å². The SMILES string of the molecule is CC12CC3C4CC(CC4O)C3C1C2. The first-order chi connectivity index (χ1) is 6.19. The fourth-order valence-electron chi connectivity index (χ4n) is 5.23. The standard InChI is InChI=1S/C12H18O/c1-12-4-8-7-2-6(3-10(7)13)11(8)9(12)5-12/h6-11,13H,2-5H2,1H3. The zero-order valence-electron chi connectivity index (χ0n) is 8.24. The van der Waals surface area contributed by atoms with Crippen molar-refractivity contribution in [2.24, 2.45) is 35.0 Å². The highest BCUT2D eigenvalue weighted by Gasteiger charge is 2.69. The normalized spacial score (nSPS) is 72.5. The average Bonchev–Trinajstić information content (AvgIpc) is 2.48. The Morgan fingerprint density at radius 3 is 2.85 bits per heavy atom. The Bertz CT molecular complexity index is 274. The van der Waals surface area contributed by atoms with Crippen molar-refractivity contribution >= 4 is 0 Å². The van der Waals surface area contributed by atoms with Gasteiger partial charge in [0.15, 0.2) is 0 Å². The summed E-state index contributed by atoms with van der Waals surface area (Å²) in [4.78, 5) is 0. The average molecular weight is 178 g/mol. The topological polar surface area (TPSA) is 20.2 Å². The molecule has 0 aliphatic heterocycles. The Morgan fingerprint density at radius 1 is 1.15 bits per heavy atom. The molecule has 72 valence electrons. The molecule has 0 aromatic carbocycles. The van der Waals surface area contributed by atoms with E-state index < -0.39 is 0 Å². The summed E-state index contributed by atoms with van der Waals surface area (Å²) in [5, 5.41) is 9.85. The summed E-state index contributed by atoms with van der Waals surface area (Å²) in [6, 6.07) is 0. The minimum Gasteiger partial charge on any atom is -0.393 e. The van der Waals surface area contributed by atoms with Crippen LogP contribution in [0.15, 0.2) is 0 Å². The summed E-state index contributed by atoms with van der Waals surface area (Å²) in [5.41, 5.74) is 0.732. The second-order valence-corrected chi connectivity index (χ2v) is 6.37. The van der Waals surface area contributed by atoms with Crippen LogP contribution < -0.4 is 0 Å². The molecule has 0 aromatic rings. The van der Waals surface area contributed by atoms with Crippen molar-refractivity contribution in [3.05, 3.63) is 0 Å². The second-order valence-electron chi connectivity index (χ2n) is 6.37. The highest BCUT2D eigenvalue weighted by Crippen LogP contribution is 2.75. The van der Waals surface area contributed by atoms with E-state index in [0.29, 0.717) is 5.92 Å². The van der Waals surface area contributed by atoms with E-state index in [-0.39, 0.29) is 6.10 Å². The fraction of sp³-hybridized carbons (Fsp3) is 1.00. The Morgan fingerprint density at radius 2 is 2.00 bits per heavy atom. The first-order valence-corrected chi connectivity index (χ1v) is 5.87. The third kappa shape index (κ3) is 0.674. The lowest BCUT2D eigenvalue weighted by molar-refractivity contribution is 0.0549. The zero-order chi connectivity index (χ0) is 8.79. The molecular weight excluding hydrogens is 160 g/mol. The highest BCUT2D eigenvalue weighted by molar-refractivity contribution is 5.18. The van der Waals surface area contributed by atoms with Gasteiger partial charge >= 0.3 is 0 Å². The van der Waals surface area contributed by atoms with E-state index in [1.165, 1.54) is 19.3 Å². The number of hydrogen-bond donors (Lipinski definition) is 1. The van der Waals surface area contributed by atoms with Gasteiger partial charge in [-0.1, -0.05) is 6.92 Å². The number of hydrogen-bond acceptors (Lipinski definition) is 1. The Balaban J connectivity index is 1.72. The molecule has 0 spiro atoms. The number of fused-ring (bicyclic) bond motifs is 7. The van der Waals surface area contributed by atoms with E-state index in [9.17, 15) is 5.11 Å². The zero-order valence-corrected chi connectivity index (χ0v) is 8.24. The lowest BCUT2D eigenvalue weighted by atomic mass is 9.77. The predicted octanol–water partition coefficient (Wildman–Crippen LogP) is 2.05. The van der Waals surface area contributed by atoms with Crippen molar-refractivity contribution in [2.75, 3.05) is 0 Å². The molecule has 2 bridgehead atoms. The lowest BCUT2D eigenvalue weighted by Gasteiger charge is -2.30. The molecule has 7 atom stereocenters. The molecule has 4 saturated carbocycles. The van der Waals surface area contributed by atoms with Gasteiger partial charge in [0.2, 0.25) is 0 Å². The van der Waals surface area contributed by atoms with Crippen LogP contribution >= 0.6 is 0 Å². The minimum absolute atomic E-state index is 0.0762. The molecule has 1 nitrogen and oxygen atoms in total. The molecular formula is C12H18O. The van der Waals surface area contributed by atoms with Crippen LogP contribution in [0.4, 0.5) is 0 Å². The van der Waals surface area contributed by atoms with Crippen molar-refractivity contribution in [1.82, 2.24) is 0 Å². The summed E-state index contributed by atoms with van der Waals surface area (Å²) in [5.74, 6) is 4.66. The van der Waals surface area contributed by atoms with E-state index in [1.54, 1.807) is 0 Å². The summed E-state index contributed by atoms with van der Waals surface area (Å²) in [6.45, 7) is 2.47. The molecule has 4 aliphatic rings. The Labute approximate surface area is 79.5 Å². The van der Waals surface area contributed by atoms with Crippen LogP contribution in [-0.4, -0.2) is 11.2 Å². The first kappa shape index (κ1) is 7.28. The van der Waals surface area contributed by atoms with Crippen molar-refractivity contribution in [1.29, 1.82) is 0 Å². The van der Waals surface area contributed by atoms with Gasteiger partial charge < -0.3 is 5.11 Å². The van der Waals surface area contributed by atoms with Crippen molar-refractivity contribution < 1.29 is 5.11 Å². The lowest BCUT2D eigenvalue weighted by Crippen LogP contribution is -2.29. The van der Waals surface area contributed by atoms with Gasteiger partial charge in [-0.2, -0.15) is 0 Å². The monoisotopic (exact) mass is 178 g/mol. The molecule has 4 rings (SSSR count). The van der Waals surface area contributed by atoms with Gasteiger partial charge in [0.1, 0.15) is 0 Å². The van der Waals surface area contributed by atoms with Crippen LogP contribution in [0.5, 0.6) is 0 Å². The molecule has 13 heavy (non-hydrogen) atoms. The van der Waals surface area contributed by atoms with Gasteiger partial charge in [0.05, 0.1) is 6.10 Å². The van der Waals surface area contributed by atoms with Gasteiger partial charge in [-0.05, 0) is 60.7 Å². The highest BCUT2D eigenvalue weighted by atomic mass is 16.3. The van der Waals surface area contributed by atoms with E-state index in [4.69, 9.17) is 0 Å². The number of rotatable bonds is 0. The first-order valence-electron chi connectivity index (χ1n) is 5.87. The third-order valence-electron chi connectivity index (χ3n) is 5.79. The smallest absolute Gasteiger partial charge is 0.0574 e. The van der Waals surface area contributed by atoms with E-state index in [0.717, 1.165) is 35.5 Å². The summed E-state index contributed by atoms with van der Waals surface area (Å²) in [6.07, 6.45) is 5.53. The largest absolute Gasteiger partial charge is 0.393 e. The van der Waals surface area contributed by atoms with Crippen LogP contribution in [-0.2, 0) is 0 Å². The number of aliphatic hydroxyl groups excluding tert-OH is 1. The van der Waals surface area contributed by atoms with E-state index in [1.807, 2.05) is 0 Å². The minimum atomic E-state index is 0.0762. The van der Waals surface area contributed by atoms with Crippen molar-refractivity contribution in [3.63, 3.8) is 0 Å². The second kappa shape index (κ2) is 1.84. The van der Waals surface area contributed by atoms with E-state index >= 15 is 0 Å². The quantitative estimate of drug-likeness (QED) is 0.602. The fourth-order valence-corrected chi connectivity index (χ4v) is 5.23. The van der Waals surface area contributed by atoms with Gasteiger partial charge in [0, 0.05) is 0 Å². The molecule has 4 aliphatic carbocycles. The van der Waals surface area contributed by atoms with Crippen LogP contribution in [0.25, 0.3) is 0 Å². The maximum Gasteiger partial charge on any atom is 0.0574 e. The maximum atomic E-state index is 9.85. The molecule has 4 fully saturated rings. The van der Waals surface area contributed by atoms with Crippen LogP contribution in [0.1, 0.15) is 32.6 Å². The molecule has 0 heterocycles. The van der Waals surface area contributed by atoms with Crippen LogP contribution in [0, 0.1) is 35.0 Å². The van der Waals surface area contributed by atoms with Crippen molar-refractivity contribution in [2.45, 2.75) is 38.7 Å². The predicted molar refractivity (Wildman–Crippen MR) is 50.0 cm³/mol. The maximum absolute atomic E-state index is 9.85. The van der Waals surface area contributed by atoms with E-state index in [2.05, 4.69) is 6.92 Å². The molecule has 1 N–H and O–H groups in total. The number of aliphatic hydroxyl groups is 1. The van der Waals surface area contributed by atoms with Gasteiger partial charge in [-0.25, -0.2) is 0 Å². The Kier molecular flexibility index (Phi) is 1.03. The summed E-state index contributed by atoms with van der Waals surface area (Å²) in [7, 11) is 0. The molecule has 1 heteroatoms. The van der Waals surface area contributed by atoms with Gasteiger partial charge in [0.25, 0.3) is 0 Å². The molecule has 0 saturated heterocycles. The Hall–Kier alpha value is -0.0400. The summed E-state index contributed by atoms with van der Waals surface area (Å²) >= 11 is 0. The van der Waals surface area contributed by atoms with Crippen LogP contribution in [0.2, 0.25) is 0 Å². The molecule has 0 radical (unpaired) electrons. The molecule has 7 unspecified atom stereocenters. The van der Waals surface area contributed by atoms with Gasteiger partial charge in [-0.15, -0.1) is 0 Å². The molecule has 0 aromatic heterocycles. The van der Waals surface area contributed by atoms with Gasteiger partial charge in [-0.3, -0.25) is 0 Å². The summed E-state index contributed by atoms with van der Waals surface area (Å²) < 4.78 is 0.